The van der Waals surface area contributed by atoms with Crippen LogP contribution in [0, 0.1) is 5.82 Å². The maximum absolute atomic E-state index is 13.4. The normalized spacial score (nSPS) is 10.4. The fraction of sp³-hybridized carbons (Fsp3) is 0.333. The number of urea groups is 1. The van der Waals surface area contributed by atoms with Gasteiger partial charge in [0.1, 0.15) is 0 Å². The molecule has 0 aliphatic carbocycles. The zero-order valence-corrected chi connectivity index (χ0v) is 16.1. The van der Waals surface area contributed by atoms with Crippen LogP contribution in [0.4, 0.5) is 14.9 Å². The zero-order valence-electron chi connectivity index (χ0n) is 16.1. The summed E-state index contributed by atoms with van der Waals surface area (Å²) in [6.45, 7) is 4.44. The number of hydrogen-bond donors (Lipinski definition) is 3. The third kappa shape index (κ3) is 7.65. The number of anilines is 1. The molecule has 0 fully saturated rings. The summed E-state index contributed by atoms with van der Waals surface area (Å²) in [4.78, 5) is 23.6. The maximum Gasteiger partial charge on any atom is 0.319 e. The number of nitrogens with one attached hydrogen (secondary N) is 3. The van der Waals surface area contributed by atoms with Crippen molar-refractivity contribution in [2.45, 2.75) is 39.3 Å². The molecular formula is C21H26FN3O3. The smallest absolute Gasteiger partial charge is 0.319 e. The van der Waals surface area contributed by atoms with Gasteiger partial charge >= 0.3 is 6.03 Å². The molecule has 0 aliphatic rings. The summed E-state index contributed by atoms with van der Waals surface area (Å²) < 4.78 is 18.7. The minimum absolute atomic E-state index is 0.0617. The van der Waals surface area contributed by atoms with Gasteiger partial charge in [-0.1, -0.05) is 24.3 Å². The molecule has 0 saturated carbocycles. The third-order valence-corrected chi connectivity index (χ3v) is 3.76. The number of rotatable bonds is 9. The van der Waals surface area contributed by atoms with Crippen molar-refractivity contribution in [2.24, 2.45) is 0 Å². The van der Waals surface area contributed by atoms with Crippen LogP contribution in [0.3, 0.4) is 0 Å². The van der Waals surface area contributed by atoms with Gasteiger partial charge in [-0.05, 0) is 50.1 Å². The van der Waals surface area contributed by atoms with Gasteiger partial charge in [-0.15, -0.1) is 0 Å². The first-order valence-electron chi connectivity index (χ1n) is 9.24. The average Bonchev–Trinajstić information content (AvgIpc) is 2.65. The molecule has 0 atom stereocenters. The van der Waals surface area contributed by atoms with Crippen molar-refractivity contribution < 1.29 is 18.7 Å². The molecule has 3 amide bonds. The van der Waals surface area contributed by atoms with E-state index < -0.39 is 5.82 Å². The Kier molecular flexibility index (Phi) is 8.27. The van der Waals surface area contributed by atoms with Crippen molar-refractivity contribution in [3.8, 4) is 5.75 Å². The quantitative estimate of drug-likeness (QED) is 0.572. The third-order valence-electron chi connectivity index (χ3n) is 3.76. The lowest BCUT2D eigenvalue weighted by atomic mass is 10.2. The molecule has 2 rings (SSSR count). The number of carbonyl (C=O) groups excluding carboxylic acids is 2. The fourth-order valence-electron chi connectivity index (χ4n) is 2.40. The van der Waals surface area contributed by atoms with Gasteiger partial charge in [0.2, 0.25) is 5.91 Å². The van der Waals surface area contributed by atoms with Crippen molar-refractivity contribution in [3.63, 3.8) is 0 Å². The molecule has 0 heterocycles. The summed E-state index contributed by atoms with van der Waals surface area (Å²) in [5.74, 6) is -0.319. The molecule has 0 unspecified atom stereocenters. The largest absolute Gasteiger partial charge is 0.491 e. The van der Waals surface area contributed by atoms with Crippen LogP contribution in [0.1, 0.15) is 32.3 Å². The first-order chi connectivity index (χ1) is 13.4. The maximum atomic E-state index is 13.4. The molecule has 150 valence electrons. The first kappa shape index (κ1) is 21.2. The van der Waals surface area contributed by atoms with Crippen LogP contribution in [-0.2, 0) is 11.3 Å². The van der Waals surface area contributed by atoms with E-state index >= 15 is 0 Å². The SMILES string of the molecule is CC(C)NC(=O)Nc1ccc(CNC(=O)CCCOc2ccccc2F)cc1. The van der Waals surface area contributed by atoms with Crippen LogP contribution in [0.15, 0.2) is 48.5 Å². The molecule has 28 heavy (non-hydrogen) atoms. The zero-order chi connectivity index (χ0) is 20.4. The molecule has 2 aromatic rings. The molecule has 0 spiro atoms. The number of hydrogen-bond acceptors (Lipinski definition) is 3. The van der Waals surface area contributed by atoms with E-state index in [-0.39, 0.29) is 30.3 Å². The second-order valence-electron chi connectivity index (χ2n) is 6.61. The highest BCUT2D eigenvalue weighted by atomic mass is 19.1. The highest BCUT2D eigenvalue weighted by Gasteiger charge is 2.05. The molecule has 0 aliphatic heterocycles. The Hall–Kier alpha value is -3.09. The Balaban J connectivity index is 1.65. The minimum atomic E-state index is -0.411. The van der Waals surface area contributed by atoms with Gasteiger partial charge in [0.05, 0.1) is 6.61 Å². The summed E-state index contributed by atoms with van der Waals surface area (Å²) in [5.41, 5.74) is 1.60. The van der Waals surface area contributed by atoms with E-state index in [2.05, 4.69) is 16.0 Å². The Morgan fingerprint density at radius 1 is 1.07 bits per heavy atom. The van der Waals surface area contributed by atoms with Gasteiger partial charge in [-0.2, -0.15) is 0 Å². The van der Waals surface area contributed by atoms with Crippen molar-refractivity contribution in [1.29, 1.82) is 0 Å². The van der Waals surface area contributed by atoms with Gasteiger partial charge in [0.15, 0.2) is 11.6 Å². The molecule has 6 nitrogen and oxygen atoms in total. The highest BCUT2D eigenvalue weighted by molar-refractivity contribution is 5.89. The van der Waals surface area contributed by atoms with Gasteiger partial charge in [-0.25, -0.2) is 9.18 Å². The number of ether oxygens (including phenoxy) is 1. The Morgan fingerprint density at radius 3 is 2.46 bits per heavy atom. The van der Waals surface area contributed by atoms with Crippen LogP contribution < -0.4 is 20.7 Å². The predicted molar refractivity (Wildman–Crippen MR) is 107 cm³/mol. The van der Waals surface area contributed by atoms with E-state index in [4.69, 9.17) is 4.74 Å². The number of carbonyl (C=O) groups is 2. The molecule has 2 aromatic carbocycles. The summed E-state index contributed by atoms with van der Waals surface area (Å²) in [6, 6.07) is 13.2. The van der Waals surface area contributed by atoms with E-state index in [0.717, 1.165) is 5.56 Å². The predicted octanol–water partition coefficient (Wildman–Crippen LogP) is 3.83. The summed E-state index contributed by atoms with van der Waals surface area (Å²) >= 11 is 0. The van der Waals surface area contributed by atoms with Crippen molar-refractivity contribution in [2.75, 3.05) is 11.9 Å². The number of benzene rings is 2. The van der Waals surface area contributed by atoms with Gasteiger partial charge in [0.25, 0.3) is 0 Å². The summed E-state index contributed by atoms with van der Waals surface area (Å²) in [5, 5.41) is 8.31. The Morgan fingerprint density at radius 2 is 1.79 bits per heavy atom. The number of para-hydroxylation sites is 1. The van der Waals surface area contributed by atoms with Crippen LogP contribution in [0.25, 0.3) is 0 Å². The molecule has 7 heteroatoms. The average molecular weight is 387 g/mol. The van der Waals surface area contributed by atoms with E-state index in [1.54, 1.807) is 30.3 Å². The van der Waals surface area contributed by atoms with Crippen LogP contribution in [-0.4, -0.2) is 24.6 Å². The fourth-order valence-corrected chi connectivity index (χ4v) is 2.40. The minimum Gasteiger partial charge on any atom is -0.491 e. The Labute approximate surface area is 164 Å². The highest BCUT2D eigenvalue weighted by Crippen LogP contribution is 2.15. The van der Waals surface area contributed by atoms with Crippen molar-refractivity contribution in [1.82, 2.24) is 10.6 Å². The topological polar surface area (TPSA) is 79.5 Å². The van der Waals surface area contributed by atoms with Crippen LogP contribution in [0.2, 0.25) is 0 Å². The number of amides is 3. The molecule has 0 aromatic heterocycles. The van der Waals surface area contributed by atoms with E-state index in [1.165, 1.54) is 6.07 Å². The van der Waals surface area contributed by atoms with Crippen molar-refractivity contribution in [3.05, 3.63) is 59.9 Å². The lowest BCUT2D eigenvalue weighted by molar-refractivity contribution is -0.121. The standard InChI is InChI=1S/C21H26FN3O3/c1-15(2)24-21(27)25-17-11-9-16(10-12-17)14-23-20(26)8-5-13-28-19-7-4-3-6-18(19)22/h3-4,6-7,9-12,15H,5,8,13-14H2,1-2H3,(H,23,26)(H2,24,25,27). The van der Waals surface area contributed by atoms with Crippen LogP contribution in [0.5, 0.6) is 5.75 Å². The van der Waals surface area contributed by atoms with Gasteiger partial charge < -0.3 is 20.7 Å². The summed E-state index contributed by atoms with van der Waals surface area (Å²) in [7, 11) is 0. The lowest BCUT2D eigenvalue weighted by Gasteiger charge is -2.11. The molecular weight excluding hydrogens is 361 g/mol. The second kappa shape index (κ2) is 10.9. The monoisotopic (exact) mass is 387 g/mol. The van der Waals surface area contributed by atoms with Crippen LogP contribution >= 0.6 is 0 Å². The molecule has 0 bridgehead atoms. The number of halogens is 1. The van der Waals surface area contributed by atoms with Gasteiger partial charge in [0, 0.05) is 24.7 Å². The molecule has 0 saturated heterocycles. The summed E-state index contributed by atoms with van der Waals surface area (Å²) in [6.07, 6.45) is 0.789. The Bertz CT molecular complexity index is 779. The molecule has 0 radical (unpaired) electrons. The first-order valence-corrected chi connectivity index (χ1v) is 9.24. The lowest BCUT2D eigenvalue weighted by Crippen LogP contribution is -2.34. The van der Waals surface area contributed by atoms with E-state index in [0.29, 0.717) is 25.1 Å². The van der Waals surface area contributed by atoms with Gasteiger partial charge in [-0.3, -0.25) is 4.79 Å². The molecule has 3 N–H and O–H groups in total. The van der Waals surface area contributed by atoms with E-state index in [1.807, 2.05) is 26.0 Å². The van der Waals surface area contributed by atoms with E-state index in [9.17, 15) is 14.0 Å². The second-order valence-corrected chi connectivity index (χ2v) is 6.61. The van der Waals surface area contributed by atoms with Crippen molar-refractivity contribution >= 4 is 17.6 Å².